The molecule has 4 heteroatoms. The topological polar surface area (TPSA) is 38.3 Å². The van der Waals surface area contributed by atoms with Gasteiger partial charge in [0.1, 0.15) is 0 Å². The summed E-state index contributed by atoms with van der Waals surface area (Å²) < 4.78 is 6.49. The van der Waals surface area contributed by atoms with Crippen LogP contribution in [-0.2, 0) is 4.74 Å². The number of hydrogen-bond donors (Lipinski definition) is 1. The fourth-order valence-electron chi connectivity index (χ4n) is 2.29. The molecular formula is C15H20BrNO2. The lowest BCUT2D eigenvalue weighted by molar-refractivity contribution is 0.0117. The number of amides is 1. The summed E-state index contributed by atoms with van der Waals surface area (Å²) >= 11 is 3.41. The molecule has 19 heavy (non-hydrogen) atoms. The third kappa shape index (κ3) is 4.32. The second-order valence-electron chi connectivity index (χ2n) is 5.02. The molecule has 0 aliphatic carbocycles. The Bertz CT molecular complexity index is 442. The summed E-state index contributed by atoms with van der Waals surface area (Å²) in [5.41, 5.74) is 1.79. The molecule has 1 N–H and O–H groups in total. The highest BCUT2D eigenvalue weighted by molar-refractivity contribution is 9.10. The molecule has 0 saturated carbocycles. The number of halogens is 1. The second kappa shape index (κ2) is 7.06. The van der Waals surface area contributed by atoms with Crippen molar-refractivity contribution in [3.63, 3.8) is 0 Å². The maximum atomic E-state index is 12.1. The Morgan fingerprint density at radius 2 is 2.32 bits per heavy atom. The molecule has 3 nitrogen and oxygen atoms in total. The minimum Gasteiger partial charge on any atom is -0.378 e. The summed E-state index contributed by atoms with van der Waals surface area (Å²) in [5, 5.41) is 2.97. The van der Waals surface area contributed by atoms with Gasteiger partial charge in [-0.25, -0.2) is 0 Å². The van der Waals surface area contributed by atoms with E-state index in [0.29, 0.717) is 18.2 Å². The van der Waals surface area contributed by atoms with Crippen LogP contribution in [0.1, 0.15) is 41.6 Å². The third-order valence-electron chi connectivity index (χ3n) is 3.39. The van der Waals surface area contributed by atoms with Gasteiger partial charge >= 0.3 is 0 Å². The highest BCUT2D eigenvalue weighted by atomic mass is 79.9. The first-order valence-corrected chi connectivity index (χ1v) is 7.62. The molecule has 1 fully saturated rings. The molecule has 1 heterocycles. The van der Waals surface area contributed by atoms with Gasteiger partial charge in [0.05, 0.1) is 11.7 Å². The predicted octanol–water partition coefficient (Wildman–Crippen LogP) is 3.45. The van der Waals surface area contributed by atoms with Crippen LogP contribution < -0.4 is 5.32 Å². The molecule has 1 saturated heterocycles. The number of ether oxygens (including phenoxy) is 1. The first-order valence-electron chi connectivity index (χ1n) is 6.83. The first kappa shape index (κ1) is 14.5. The highest BCUT2D eigenvalue weighted by Gasteiger charge is 2.15. The van der Waals surface area contributed by atoms with Gasteiger partial charge in [0.2, 0.25) is 0 Å². The number of nitrogens with one attached hydrogen (secondary N) is 1. The van der Waals surface area contributed by atoms with Crippen LogP contribution in [0.3, 0.4) is 0 Å². The molecule has 2 rings (SSSR count). The molecule has 0 radical (unpaired) electrons. The van der Waals surface area contributed by atoms with E-state index >= 15 is 0 Å². The van der Waals surface area contributed by atoms with Gasteiger partial charge in [0, 0.05) is 17.6 Å². The van der Waals surface area contributed by atoms with Crippen molar-refractivity contribution in [3.8, 4) is 0 Å². The largest absolute Gasteiger partial charge is 0.378 e. The number of carbonyl (C=O) groups is 1. The van der Waals surface area contributed by atoms with E-state index in [9.17, 15) is 4.79 Å². The lowest BCUT2D eigenvalue weighted by Crippen LogP contribution is -2.29. The average Bonchev–Trinajstić information content (AvgIpc) is 2.42. The highest BCUT2D eigenvalue weighted by Crippen LogP contribution is 2.18. The summed E-state index contributed by atoms with van der Waals surface area (Å²) in [7, 11) is 0. The minimum absolute atomic E-state index is 0.0219. The quantitative estimate of drug-likeness (QED) is 0.920. The van der Waals surface area contributed by atoms with Gasteiger partial charge < -0.3 is 10.1 Å². The molecule has 1 amide bonds. The number of benzene rings is 1. The zero-order valence-electron chi connectivity index (χ0n) is 11.2. The van der Waals surface area contributed by atoms with Gasteiger partial charge in [0.15, 0.2) is 0 Å². The van der Waals surface area contributed by atoms with Crippen LogP contribution in [0.4, 0.5) is 0 Å². The summed E-state index contributed by atoms with van der Waals surface area (Å²) in [4.78, 5) is 12.1. The van der Waals surface area contributed by atoms with E-state index in [4.69, 9.17) is 4.74 Å². The van der Waals surface area contributed by atoms with E-state index in [0.717, 1.165) is 29.5 Å². The van der Waals surface area contributed by atoms with Crippen molar-refractivity contribution in [2.75, 3.05) is 13.2 Å². The van der Waals surface area contributed by atoms with Crippen LogP contribution in [0.15, 0.2) is 22.7 Å². The molecule has 104 valence electrons. The summed E-state index contributed by atoms with van der Waals surface area (Å²) in [6.45, 7) is 3.52. The number of carbonyl (C=O) groups excluding carboxylic acids is 1. The Labute approximate surface area is 122 Å². The maximum Gasteiger partial charge on any atom is 0.252 e. The fraction of sp³-hybridized carbons (Fsp3) is 0.533. The lowest BCUT2D eigenvalue weighted by Gasteiger charge is -2.22. The van der Waals surface area contributed by atoms with Crippen LogP contribution >= 0.6 is 15.9 Å². The Morgan fingerprint density at radius 3 is 3.05 bits per heavy atom. The fourth-order valence-corrected chi connectivity index (χ4v) is 2.72. The normalized spacial score (nSPS) is 19.2. The lowest BCUT2D eigenvalue weighted by atomic mass is 10.1. The molecule has 1 aromatic carbocycles. The monoisotopic (exact) mass is 325 g/mol. The van der Waals surface area contributed by atoms with E-state index in [1.165, 1.54) is 12.8 Å². The standard InChI is InChI=1S/C15H20BrNO2/c1-11-5-6-14(16)13(10-11)15(18)17-8-7-12-4-2-3-9-19-12/h5-6,10,12H,2-4,7-9H2,1H3,(H,17,18). The van der Waals surface area contributed by atoms with Gasteiger partial charge in [-0.1, -0.05) is 11.6 Å². The maximum absolute atomic E-state index is 12.1. The predicted molar refractivity (Wildman–Crippen MR) is 79.4 cm³/mol. The Balaban J connectivity index is 1.82. The van der Waals surface area contributed by atoms with Crippen LogP contribution in [-0.4, -0.2) is 25.2 Å². The molecule has 1 aromatic rings. The van der Waals surface area contributed by atoms with E-state index in [1.54, 1.807) is 0 Å². The van der Waals surface area contributed by atoms with Gasteiger partial charge in [-0.2, -0.15) is 0 Å². The van der Waals surface area contributed by atoms with Crippen molar-refractivity contribution in [2.24, 2.45) is 0 Å². The van der Waals surface area contributed by atoms with E-state index in [-0.39, 0.29) is 5.91 Å². The molecule has 0 aromatic heterocycles. The molecule has 1 aliphatic heterocycles. The molecule has 1 atom stereocenters. The number of aryl methyl sites for hydroxylation is 1. The van der Waals surface area contributed by atoms with Crippen LogP contribution in [0.5, 0.6) is 0 Å². The Morgan fingerprint density at radius 1 is 1.47 bits per heavy atom. The van der Waals surface area contributed by atoms with Crippen LogP contribution in [0.2, 0.25) is 0 Å². The van der Waals surface area contributed by atoms with Crippen molar-refractivity contribution in [2.45, 2.75) is 38.7 Å². The smallest absolute Gasteiger partial charge is 0.252 e. The van der Waals surface area contributed by atoms with Gasteiger partial charge in [-0.3, -0.25) is 4.79 Å². The Kier molecular flexibility index (Phi) is 5.40. The second-order valence-corrected chi connectivity index (χ2v) is 5.87. The zero-order chi connectivity index (χ0) is 13.7. The minimum atomic E-state index is -0.0219. The number of rotatable bonds is 4. The summed E-state index contributed by atoms with van der Waals surface area (Å²) in [5.74, 6) is -0.0219. The third-order valence-corrected chi connectivity index (χ3v) is 4.08. The van der Waals surface area contributed by atoms with E-state index < -0.39 is 0 Å². The van der Waals surface area contributed by atoms with E-state index in [1.807, 2.05) is 25.1 Å². The van der Waals surface area contributed by atoms with Crippen molar-refractivity contribution in [1.82, 2.24) is 5.32 Å². The SMILES string of the molecule is Cc1ccc(Br)c(C(=O)NCCC2CCCCO2)c1. The van der Waals surface area contributed by atoms with E-state index in [2.05, 4.69) is 21.2 Å². The zero-order valence-corrected chi connectivity index (χ0v) is 12.8. The molecule has 1 unspecified atom stereocenters. The van der Waals surface area contributed by atoms with Crippen molar-refractivity contribution in [1.29, 1.82) is 0 Å². The van der Waals surface area contributed by atoms with Crippen LogP contribution in [0, 0.1) is 6.92 Å². The average molecular weight is 326 g/mol. The van der Waals surface area contributed by atoms with Crippen molar-refractivity contribution < 1.29 is 9.53 Å². The molecular weight excluding hydrogens is 306 g/mol. The van der Waals surface area contributed by atoms with Crippen molar-refractivity contribution >= 4 is 21.8 Å². The summed E-state index contributed by atoms with van der Waals surface area (Å²) in [6.07, 6.45) is 4.73. The van der Waals surface area contributed by atoms with Gasteiger partial charge in [-0.05, 0) is 60.7 Å². The van der Waals surface area contributed by atoms with Crippen molar-refractivity contribution in [3.05, 3.63) is 33.8 Å². The van der Waals surface area contributed by atoms with Gasteiger partial charge in [0.25, 0.3) is 5.91 Å². The summed E-state index contributed by atoms with van der Waals surface area (Å²) in [6, 6.07) is 5.79. The van der Waals surface area contributed by atoms with Crippen LogP contribution in [0.25, 0.3) is 0 Å². The molecule has 0 bridgehead atoms. The first-order chi connectivity index (χ1) is 9.16. The number of hydrogen-bond acceptors (Lipinski definition) is 2. The van der Waals surface area contributed by atoms with Gasteiger partial charge in [-0.15, -0.1) is 0 Å². The molecule has 0 spiro atoms. The molecule has 1 aliphatic rings. The Hall–Kier alpha value is -0.870.